The molecule has 0 spiro atoms. The molecule has 0 aliphatic carbocycles. The Labute approximate surface area is 166 Å². The van der Waals surface area contributed by atoms with Crippen molar-refractivity contribution < 1.29 is 4.79 Å². The molecule has 0 aliphatic rings. The molecule has 0 bridgehead atoms. The molecule has 1 aromatic carbocycles. The van der Waals surface area contributed by atoms with Crippen molar-refractivity contribution in [2.24, 2.45) is 0 Å². The van der Waals surface area contributed by atoms with Gasteiger partial charge in [0.1, 0.15) is 11.6 Å². The average molecular weight is 481 g/mol. The minimum Gasteiger partial charge on any atom is -0.383 e. The smallest absolute Gasteiger partial charge is 0.256 e. The first-order valence-corrected chi connectivity index (χ1v) is 9.85. The van der Waals surface area contributed by atoms with Crippen LogP contribution < -0.4 is 11.1 Å². The predicted molar refractivity (Wildman–Crippen MR) is 111 cm³/mol. The fourth-order valence-electron chi connectivity index (χ4n) is 2.37. The Kier molecular flexibility index (Phi) is 5.27. The van der Waals surface area contributed by atoms with Gasteiger partial charge in [-0.25, -0.2) is 4.98 Å². The van der Waals surface area contributed by atoms with Crippen LogP contribution in [0.2, 0.25) is 0 Å². The lowest BCUT2D eigenvalue weighted by Gasteiger charge is -2.11. The lowest BCUT2D eigenvalue weighted by molar-refractivity contribution is 0.102. The molecule has 7 heteroatoms. The molecule has 2 aromatic heterocycles. The van der Waals surface area contributed by atoms with Crippen molar-refractivity contribution in [3.8, 4) is 10.4 Å². The van der Waals surface area contributed by atoms with Gasteiger partial charge in [-0.05, 0) is 75.5 Å². The number of anilines is 2. The number of carbonyl (C=O) groups is 1. The monoisotopic (exact) mass is 479 g/mol. The van der Waals surface area contributed by atoms with Gasteiger partial charge in [-0.15, -0.1) is 11.3 Å². The third kappa shape index (κ3) is 3.94. The maximum absolute atomic E-state index is 12.4. The third-order valence-electron chi connectivity index (χ3n) is 3.68. The topological polar surface area (TPSA) is 68.0 Å². The summed E-state index contributed by atoms with van der Waals surface area (Å²) >= 11 is 8.57. The van der Waals surface area contributed by atoms with E-state index in [4.69, 9.17) is 5.73 Å². The Morgan fingerprint density at radius 1 is 1.16 bits per heavy atom. The Bertz CT molecular complexity index is 952. The van der Waals surface area contributed by atoms with Crippen molar-refractivity contribution in [3.63, 3.8) is 0 Å². The number of benzene rings is 1. The van der Waals surface area contributed by atoms with Crippen molar-refractivity contribution in [3.05, 3.63) is 61.3 Å². The summed E-state index contributed by atoms with van der Waals surface area (Å²) in [6, 6.07) is 11.3. The summed E-state index contributed by atoms with van der Waals surface area (Å²) in [6.07, 6.45) is 0. The zero-order valence-corrected chi connectivity index (χ0v) is 17.5. The Morgan fingerprint density at radius 3 is 2.44 bits per heavy atom. The number of aryl methyl sites for hydroxylation is 2. The van der Waals surface area contributed by atoms with E-state index in [1.54, 1.807) is 23.5 Å². The molecule has 0 saturated carbocycles. The van der Waals surface area contributed by atoms with Gasteiger partial charge < -0.3 is 11.1 Å². The summed E-state index contributed by atoms with van der Waals surface area (Å²) in [5.41, 5.74) is 9.77. The fourth-order valence-corrected chi connectivity index (χ4v) is 4.54. The second-order valence-corrected chi connectivity index (χ2v) is 8.92. The van der Waals surface area contributed by atoms with Gasteiger partial charge in [0.25, 0.3) is 5.91 Å². The SMILES string of the molecule is Cc1ccc(C(=O)Nc2nc(N)c(-c3sc(Br)cc3C)cc2Br)cc1. The van der Waals surface area contributed by atoms with E-state index in [-0.39, 0.29) is 5.91 Å². The number of nitrogens with two attached hydrogens (primary N) is 1. The van der Waals surface area contributed by atoms with Crippen molar-refractivity contribution in [1.29, 1.82) is 0 Å². The molecule has 2 heterocycles. The van der Waals surface area contributed by atoms with Gasteiger partial charge in [0, 0.05) is 16.0 Å². The molecule has 25 heavy (non-hydrogen) atoms. The molecular weight excluding hydrogens is 466 g/mol. The van der Waals surface area contributed by atoms with E-state index in [1.165, 1.54) is 0 Å². The van der Waals surface area contributed by atoms with Gasteiger partial charge in [-0.2, -0.15) is 0 Å². The van der Waals surface area contributed by atoms with Crippen LogP contribution in [0.15, 0.2) is 44.7 Å². The minimum atomic E-state index is -0.226. The number of halogens is 2. The molecule has 0 radical (unpaired) electrons. The summed E-state index contributed by atoms with van der Waals surface area (Å²) in [6.45, 7) is 4.00. The van der Waals surface area contributed by atoms with Crippen LogP contribution in [0.1, 0.15) is 21.5 Å². The highest BCUT2D eigenvalue weighted by atomic mass is 79.9. The highest BCUT2D eigenvalue weighted by Crippen LogP contribution is 2.39. The Balaban J connectivity index is 1.91. The molecule has 0 saturated heterocycles. The number of aromatic nitrogens is 1. The largest absolute Gasteiger partial charge is 0.383 e. The average Bonchev–Trinajstić information content (AvgIpc) is 2.89. The molecule has 0 aliphatic heterocycles. The van der Waals surface area contributed by atoms with Crippen molar-refractivity contribution >= 4 is 60.7 Å². The molecule has 3 rings (SSSR count). The molecule has 4 nitrogen and oxygen atoms in total. The molecule has 0 unspecified atom stereocenters. The molecular formula is C18H15Br2N3OS. The molecule has 1 amide bonds. The summed E-state index contributed by atoms with van der Waals surface area (Å²) in [4.78, 5) is 17.8. The first kappa shape index (κ1) is 18.1. The highest BCUT2D eigenvalue weighted by Gasteiger charge is 2.16. The van der Waals surface area contributed by atoms with E-state index in [9.17, 15) is 4.79 Å². The van der Waals surface area contributed by atoms with Crippen LogP contribution in [0.4, 0.5) is 11.6 Å². The fraction of sp³-hybridized carbons (Fsp3) is 0.111. The molecule has 0 atom stereocenters. The second kappa shape index (κ2) is 7.27. The lowest BCUT2D eigenvalue weighted by Crippen LogP contribution is -2.14. The van der Waals surface area contributed by atoms with E-state index in [0.29, 0.717) is 21.7 Å². The number of rotatable bonds is 3. The molecule has 3 aromatic rings. The number of hydrogen-bond acceptors (Lipinski definition) is 4. The van der Waals surface area contributed by atoms with Gasteiger partial charge in [0.2, 0.25) is 0 Å². The van der Waals surface area contributed by atoms with E-state index in [2.05, 4.69) is 42.2 Å². The van der Waals surface area contributed by atoms with E-state index < -0.39 is 0 Å². The normalized spacial score (nSPS) is 10.7. The number of nitrogens with one attached hydrogen (secondary N) is 1. The summed E-state index contributed by atoms with van der Waals surface area (Å²) in [5.74, 6) is 0.551. The summed E-state index contributed by atoms with van der Waals surface area (Å²) in [5, 5.41) is 2.80. The zero-order chi connectivity index (χ0) is 18.1. The Morgan fingerprint density at radius 2 is 1.84 bits per heavy atom. The van der Waals surface area contributed by atoms with Crippen LogP contribution in [-0.2, 0) is 0 Å². The number of amides is 1. The lowest BCUT2D eigenvalue weighted by atomic mass is 10.1. The number of hydrogen-bond donors (Lipinski definition) is 2. The minimum absolute atomic E-state index is 0.226. The van der Waals surface area contributed by atoms with Crippen molar-refractivity contribution in [1.82, 2.24) is 4.98 Å². The number of pyridine rings is 1. The summed E-state index contributed by atoms with van der Waals surface area (Å²) in [7, 11) is 0. The van der Waals surface area contributed by atoms with Crippen LogP contribution in [-0.4, -0.2) is 10.9 Å². The summed E-state index contributed by atoms with van der Waals surface area (Å²) < 4.78 is 1.72. The maximum atomic E-state index is 12.4. The van der Waals surface area contributed by atoms with Gasteiger partial charge in [0.05, 0.1) is 8.26 Å². The molecule has 3 N–H and O–H groups in total. The van der Waals surface area contributed by atoms with Gasteiger partial charge in [-0.3, -0.25) is 4.79 Å². The number of nitrogens with zero attached hydrogens (tertiary/aromatic N) is 1. The van der Waals surface area contributed by atoms with Crippen LogP contribution in [0.25, 0.3) is 10.4 Å². The standard InChI is InChI=1S/C18H15Br2N3OS/c1-9-3-5-11(6-4-9)18(24)23-17-13(19)8-12(16(21)22-17)15-10(2)7-14(20)25-15/h3-8H,1-2H3,(H3,21,22,23,24). The first-order valence-electron chi connectivity index (χ1n) is 7.45. The van der Waals surface area contributed by atoms with Gasteiger partial charge >= 0.3 is 0 Å². The van der Waals surface area contributed by atoms with Crippen LogP contribution in [0.3, 0.4) is 0 Å². The van der Waals surface area contributed by atoms with Crippen molar-refractivity contribution in [2.45, 2.75) is 13.8 Å². The molecule has 128 valence electrons. The van der Waals surface area contributed by atoms with Crippen LogP contribution >= 0.6 is 43.2 Å². The number of nitrogen functional groups attached to an aromatic ring is 1. The second-order valence-electron chi connectivity index (χ2n) is 5.63. The number of carbonyl (C=O) groups excluding carboxylic acids is 1. The maximum Gasteiger partial charge on any atom is 0.256 e. The molecule has 0 fully saturated rings. The van der Waals surface area contributed by atoms with E-state index in [1.807, 2.05) is 38.1 Å². The van der Waals surface area contributed by atoms with Crippen LogP contribution in [0, 0.1) is 13.8 Å². The third-order valence-corrected chi connectivity index (χ3v) is 6.06. The quantitative estimate of drug-likeness (QED) is 0.498. The zero-order valence-electron chi connectivity index (χ0n) is 13.6. The van der Waals surface area contributed by atoms with E-state index >= 15 is 0 Å². The number of thiophene rings is 1. The van der Waals surface area contributed by atoms with Crippen LogP contribution in [0.5, 0.6) is 0 Å². The van der Waals surface area contributed by atoms with Gasteiger partial charge in [0.15, 0.2) is 0 Å². The van der Waals surface area contributed by atoms with Crippen molar-refractivity contribution in [2.75, 3.05) is 11.1 Å². The van der Waals surface area contributed by atoms with E-state index in [0.717, 1.165) is 25.4 Å². The van der Waals surface area contributed by atoms with Gasteiger partial charge in [-0.1, -0.05) is 17.7 Å². The first-order chi connectivity index (χ1) is 11.8. The Hall–Kier alpha value is -1.70. The highest BCUT2D eigenvalue weighted by molar-refractivity contribution is 9.11. The predicted octanol–water partition coefficient (Wildman–Crippen LogP) is 5.79.